The van der Waals surface area contributed by atoms with E-state index in [0.29, 0.717) is 12.4 Å². The van der Waals surface area contributed by atoms with Crippen molar-refractivity contribution in [2.45, 2.75) is 25.7 Å². The van der Waals surface area contributed by atoms with Crippen molar-refractivity contribution in [3.8, 4) is 17.1 Å². The first kappa shape index (κ1) is 16.3. The van der Waals surface area contributed by atoms with Crippen molar-refractivity contribution in [1.29, 1.82) is 0 Å². The Kier molecular flexibility index (Phi) is 5.67. The van der Waals surface area contributed by atoms with E-state index in [1.165, 1.54) is 11.6 Å². The van der Waals surface area contributed by atoms with Crippen LogP contribution in [-0.4, -0.2) is 6.61 Å². The van der Waals surface area contributed by atoms with Crippen molar-refractivity contribution in [2.75, 3.05) is 6.61 Å². The first-order valence-corrected chi connectivity index (χ1v) is 8.34. The predicted octanol–water partition coefficient (Wildman–Crippen LogP) is 5.88. The van der Waals surface area contributed by atoms with Crippen LogP contribution in [0.3, 0.4) is 0 Å². The van der Waals surface area contributed by atoms with Gasteiger partial charge in [-0.25, -0.2) is 0 Å². The minimum Gasteiger partial charge on any atom is -0.493 e. The average molecular weight is 324 g/mol. The van der Waals surface area contributed by atoms with Gasteiger partial charge in [-0.3, -0.25) is 0 Å². The van der Waals surface area contributed by atoms with Crippen LogP contribution in [0.1, 0.15) is 24.8 Å². The Bertz CT molecular complexity index is 749. The van der Waals surface area contributed by atoms with Gasteiger partial charge < -0.3 is 9.15 Å². The monoisotopic (exact) mass is 324 g/mol. The van der Waals surface area contributed by atoms with Crippen LogP contribution < -0.4 is 4.74 Å². The van der Waals surface area contributed by atoms with Crippen molar-refractivity contribution in [3.05, 3.63) is 78.3 Å². The molecule has 1 aromatic heterocycles. The van der Waals surface area contributed by atoms with Crippen LogP contribution in [0.25, 0.3) is 11.3 Å². The summed E-state index contributed by atoms with van der Waals surface area (Å²) < 4.78 is 24.0. The second kappa shape index (κ2) is 8.34. The second-order valence-electron chi connectivity index (χ2n) is 5.74. The lowest BCUT2D eigenvalue weighted by Crippen LogP contribution is -1.99. The maximum Gasteiger partial charge on any atom is 0.278 e. The number of hydrogen-bond acceptors (Lipinski definition) is 2. The predicted molar refractivity (Wildman–Crippen MR) is 93.6 cm³/mol. The van der Waals surface area contributed by atoms with Crippen LogP contribution in [0, 0.1) is 6.01 Å². The fraction of sp³-hybridized carbons (Fsp3) is 0.238. The summed E-state index contributed by atoms with van der Waals surface area (Å²) in [5.74, 6) is 1.22. The lowest BCUT2D eigenvalue weighted by Gasteiger charge is -2.10. The third-order valence-electron chi connectivity index (χ3n) is 3.94. The molecule has 3 heteroatoms. The fourth-order valence-corrected chi connectivity index (χ4v) is 2.69. The lowest BCUT2D eigenvalue weighted by molar-refractivity contribution is 0.304. The van der Waals surface area contributed by atoms with Crippen LogP contribution in [0.4, 0.5) is 4.39 Å². The van der Waals surface area contributed by atoms with Gasteiger partial charge in [0.25, 0.3) is 6.01 Å². The Balaban J connectivity index is 1.45. The van der Waals surface area contributed by atoms with Gasteiger partial charge in [-0.1, -0.05) is 42.5 Å². The van der Waals surface area contributed by atoms with Gasteiger partial charge in [0, 0.05) is 6.07 Å². The zero-order chi connectivity index (χ0) is 16.6. The van der Waals surface area contributed by atoms with E-state index in [0.717, 1.165) is 37.0 Å². The molecule has 2 aromatic carbocycles. The van der Waals surface area contributed by atoms with Gasteiger partial charge in [-0.15, -0.1) is 0 Å². The van der Waals surface area contributed by atoms with Crippen molar-refractivity contribution >= 4 is 0 Å². The summed E-state index contributed by atoms with van der Waals surface area (Å²) in [5.41, 5.74) is 2.16. The highest BCUT2D eigenvalue weighted by Gasteiger charge is 2.10. The van der Waals surface area contributed by atoms with Crippen LogP contribution in [0.2, 0.25) is 0 Å². The molecule has 3 aromatic rings. The molecular weight excluding hydrogens is 303 g/mol. The third-order valence-corrected chi connectivity index (χ3v) is 3.94. The number of benzene rings is 2. The quantitative estimate of drug-likeness (QED) is 0.483. The molecule has 2 nitrogen and oxygen atoms in total. The molecule has 0 N–H and O–H groups in total. The van der Waals surface area contributed by atoms with Crippen LogP contribution in [-0.2, 0) is 6.42 Å². The number of para-hydroxylation sites is 1. The molecule has 0 saturated carbocycles. The average Bonchev–Trinajstić information content (AvgIpc) is 3.05. The Morgan fingerprint density at radius 2 is 1.58 bits per heavy atom. The van der Waals surface area contributed by atoms with Crippen LogP contribution in [0.5, 0.6) is 5.75 Å². The van der Waals surface area contributed by atoms with Gasteiger partial charge in [0.15, 0.2) is 0 Å². The fourth-order valence-electron chi connectivity index (χ4n) is 2.69. The van der Waals surface area contributed by atoms with Gasteiger partial charge in [0.05, 0.1) is 12.2 Å². The summed E-state index contributed by atoms with van der Waals surface area (Å²) in [6, 6.07) is 20.4. The molecule has 0 saturated heterocycles. The molecule has 1 heterocycles. The molecule has 0 aliphatic heterocycles. The van der Waals surface area contributed by atoms with E-state index in [2.05, 4.69) is 24.3 Å². The largest absolute Gasteiger partial charge is 0.493 e. The van der Waals surface area contributed by atoms with Gasteiger partial charge in [0.1, 0.15) is 11.5 Å². The lowest BCUT2D eigenvalue weighted by atomic mass is 10.1. The number of halogens is 1. The highest BCUT2D eigenvalue weighted by Crippen LogP contribution is 2.31. The summed E-state index contributed by atoms with van der Waals surface area (Å²) in [6.07, 6.45) is 4.36. The summed E-state index contributed by atoms with van der Waals surface area (Å²) >= 11 is 0. The van der Waals surface area contributed by atoms with E-state index in [-0.39, 0.29) is 0 Å². The summed E-state index contributed by atoms with van der Waals surface area (Å²) in [6.45, 7) is 0.648. The minimum atomic E-state index is -0.583. The molecule has 3 rings (SSSR count). The van der Waals surface area contributed by atoms with E-state index >= 15 is 0 Å². The van der Waals surface area contributed by atoms with E-state index in [4.69, 9.17) is 9.15 Å². The van der Waals surface area contributed by atoms with Gasteiger partial charge in [-0.2, -0.15) is 4.39 Å². The number of furan rings is 1. The van der Waals surface area contributed by atoms with Crippen LogP contribution in [0.15, 0.2) is 71.1 Å². The Hall–Kier alpha value is -2.55. The summed E-state index contributed by atoms with van der Waals surface area (Å²) in [7, 11) is 0. The molecule has 0 bridgehead atoms. The first-order chi connectivity index (χ1) is 11.8. The highest BCUT2D eigenvalue weighted by atomic mass is 19.1. The van der Waals surface area contributed by atoms with E-state index < -0.39 is 6.01 Å². The topological polar surface area (TPSA) is 22.4 Å². The smallest absolute Gasteiger partial charge is 0.278 e. The number of ether oxygens (including phenoxy) is 1. The molecule has 0 spiro atoms. The maximum atomic E-state index is 13.1. The molecule has 0 atom stereocenters. The Labute approximate surface area is 141 Å². The molecule has 0 aliphatic carbocycles. The molecule has 0 fully saturated rings. The normalized spacial score (nSPS) is 10.7. The van der Waals surface area contributed by atoms with E-state index in [1.807, 2.05) is 30.3 Å². The summed E-state index contributed by atoms with van der Waals surface area (Å²) in [4.78, 5) is 0. The highest BCUT2D eigenvalue weighted by molar-refractivity contribution is 5.65. The van der Waals surface area contributed by atoms with Crippen molar-refractivity contribution in [1.82, 2.24) is 0 Å². The number of hydrogen-bond donors (Lipinski definition) is 0. The van der Waals surface area contributed by atoms with Gasteiger partial charge in [-0.05, 0) is 49.4 Å². The SMILES string of the molecule is Fc1ccc(-c2ccccc2OCCCCCc2ccccc2)o1. The summed E-state index contributed by atoms with van der Waals surface area (Å²) in [5, 5.41) is 0. The second-order valence-corrected chi connectivity index (χ2v) is 5.74. The first-order valence-electron chi connectivity index (χ1n) is 8.34. The molecule has 24 heavy (non-hydrogen) atoms. The molecule has 0 unspecified atom stereocenters. The number of unbranched alkanes of at least 4 members (excludes halogenated alkanes) is 2. The molecular formula is C21H21FO2. The van der Waals surface area contributed by atoms with Crippen molar-refractivity contribution < 1.29 is 13.5 Å². The van der Waals surface area contributed by atoms with E-state index in [1.54, 1.807) is 6.07 Å². The minimum absolute atomic E-state index is 0.493. The molecule has 0 radical (unpaired) electrons. The van der Waals surface area contributed by atoms with Gasteiger partial charge in [0.2, 0.25) is 0 Å². The zero-order valence-electron chi connectivity index (χ0n) is 13.6. The zero-order valence-corrected chi connectivity index (χ0v) is 13.6. The number of aryl methyl sites for hydroxylation is 1. The molecule has 0 aliphatic rings. The standard InChI is InChI=1S/C21H21FO2/c22-21-15-14-20(24-21)18-12-6-7-13-19(18)23-16-8-2-5-11-17-9-3-1-4-10-17/h1,3-4,6-7,9-10,12-15H,2,5,8,11,16H2. The third kappa shape index (κ3) is 4.48. The van der Waals surface area contributed by atoms with Crippen molar-refractivity contribution in [3.63, 3.8) is 0 Å². The Morgan fingerprint density at radius 1 is 0.792 bits per heavy atom. The Morgan fingerprint density at radius 3 is 2.38 bits per heavy atom. The molecule has 124 valence electrons. The van der Waals surface area contributed by atoms with E-state index in [9.17, 15) is 4.39 Å². The molecule has 0 amide bonds. The van der Waals surface area contributed by atoms with Crippen LogP contribution >= 0.6 is 0 Å². The number of rotatable bonds is 8. The van der Waals surface area contributed by atoms with Crippen molar-refractivity contribution in [2.24, 2.45) is 0 Å². The maximum absolute atomic E-state index is 13.1. The van der Waals surface area contributed by atoms with Gasteiger partial charge >= 0.3 is 0 Å².